The van der Waals surface area contributed by atoms with E-state index in [0.717, 1.165) is 0 Å². The van der Waals surface area contributed by atoms with E-state index in [4.69, 9.17) is 15.4 Å². The summed E-state index contributed by atoms with van der Waals surface area (Å²) in [6, 6.07) is 1.52. The lowest BCUT2D eigenvalue weighted by molar-refractivity contribution is -0.149. The maximum Gasteiger partial charge on any atom is 0.359 e. The highest BCUT2D eigenvalue weighted by Gasteiger charge is 2.19. The van der Waals surface area contributed by atoms with Crippen molar-refractivity contribution in [2.75, 3.05) is 0 Å². The van der Waals surface area contributed by atoms with E-state index in [0.29, 0.717) is 0 Å². The quantitative estimate of drug-likeness (QED) is 0.273. The first-order chi connectivity index (χ1) is 5.40. The van der Waals surface area contributed by atoms with Crippen molar-refractivity contribution in [1.29, 1.82) is 10.7 Å². The molecular formula is C8H10N2O2. The van der Waals surface area contributed by atoms with Gasteiger partial charge in [0.15, 0.2) is 5.57 Å². The van der Waals surface area contributed by atoms with E-state index in [1.807, 2.05) is 0 Å². The Hall–Kier alpha value is -1.59. The molecule has 0 rings (SSSR count). The molecule has 0 amide bonds. The number of esters is 1. The average Bonchev–Trinajstić information content (AvgIpc) is 1.85. The number of nitrogens with zero attached hydrogens (tertiary/aromatic N) is 1. The summed E-state index contributed by atoms with van der Waals surface area (Å²) in [5, 5.41) is 14.9. The van der Waals surface area contributed by atoms with Crippen molar-refractivity contribution in [2.24, 2.45) is 0 Å². The molecule has 0 aliphatic carbocycles. The van der Waals surface area contributed by atoms with Gasteiger partial charge >= 0.3 is 5.97 Å². The topological polar surface area (TPSA) is 73.9 Å². The number of rotatable bonds is 1. The maximum atomic E-state index is 11.0. The fraction of sp³-hybridized carbons (Fsp3) is 0.500. The van der Waals surface area contributed by atoms with E-state index >= 15 is 0 Å². The van der Waals surface area contributed by atoms with Gasteiger partial charge in [-0.3, -0.25) is 5.41 Å². The number of nitrogens with one attached hydrogen (secondary N) is 1. The summed E-state index contributed by atoms with van der Waals surface area (Å²) < 4.78 is 4.80. The number of hydrogen-bond donors (Lipinski definition) is 1. The van der Waals surface area contributed by atoms with E-state index in [-0.39, 0.29) is 0 Å². The summed E-state index contributed by atoms with van der Waals surface area (Å²) in [5.74, 6) is 0.900. The van der Waals surface area contributed by atoms with Crippen LogP contribution in [0.1, 0.15) is 20.8 Å². The smallest absolute Gasteiger partial charge is 0.359 e. The monoisotopic (exact) mass is 166 g/mol. The largest absolute Gasteiger partial charge is 0.455 e. The third-order valence-corrected chi connectivity index (χ3v) is 0.840. The van der Waals surface area contributed by atoms with Gasteiger partial charge in [0.2, 0.25) is 0 Å². The van der Waals surface area contributed by atoms with Crippen molar-refractivity contribution in [3.05, 3.63) is 5.57 Å². The molecule has 4 nitrogen and oxygen atoms in total. The highest BCUT2D eigenvalue weighted by molar-refractivity contribution is 6.01. The molecule has 4 heteroatoms. The molecule has 0 bridgehead atoms. The minimum absolute atomic E-state index is 0.412. The molecule has 0 saturated carbocycles. The third kappa shape index (κ3) is 3.55. The fourth-order valence-corrected chi connectivity index (χ4v) is 0.454. The summed E-state index contributed by atoms with van der Waals surface area (Å²) in [6.45, 7) is 5.05. The number of ether oxygens (including phenoxy) is 1. The Bertz CT molecular complexity index is 274. The second kappa shape index (κ2) is 3.70. The number of nitriles is 1. The van der Waals surface area contributed by atoms with E-state index < -0.39 is 17.1 Å². The molecule has 0 saturated heterocycles. The van der Waals surface area contributed by atoms with E-state index in [1.165, 1.54) is 6.07 Å². The van der Waals surface area contributed by atoms with Crippen molar-refractivity contribution in [3.63, 3.8) is 0 Å². The van der Waals surface area contributed by atoms with Crippen molar-refractivity contribution >= 4 is 11.8 Å². The second-order valence-corrected chi connectivity index (χ2v) is 3.11. The molecule has 0 spiro atoms. The Morgan fingerprint density at radius 2 is 2.00 bits per heavy atom. The Morgan fingerprint density at radius 1 is 1.50 bits per heavy atom. The zero-order valence-corrected chi connectivity index (χ0v) is 7.26. The van der Waals surface area contributed by atoms with Crippen LogP contribution in [0, 0.1) is 16.7 Å². The van der Waals surface area contributed by atoms with Gasteiger partial charge in [0.25, 0.3) is 0 Å². The van der Waals surface area contributed by atoms with Gasteiger partial charge in [-0.15, -0.1) is 0 Å². The fourth-order valence-electron chi connectivity index (χ4n) is 0.454. The zero-order chi connectivity index (χ0) is 9.78. The van der Waals surface area contributed by atoms with Crippen LogP contribution in [0.5, 0.6) is 0 Å². The summed E-state index contributed by atoms with van der Waals surface area (Å²) in [5.41, 5.74) is -1.05. The average molecular weight is 166 g/mol. The van der Waals surface area contributed by atoms with Crippen molar-refractivity contribution in [1.82, 2.24) is 0 Å². The van der Waals surface area contributed by atoms with E-state index in [9.17, 15) is 4.79 Å². The molecule has 0 heterocycles. The first-order valence-corrected chi connectivity index (χ1v) is 3.34. The molecule has 0 aromatic heterocycles. The van der Waals surface area contributed by atoms with Crippen molar-refractivity contribution < 1.29 is 9.53 Å². The number of carbonyl (C=O) groups excluding carboxylic acids is 1. The molecule has 64 valence electrons. The van der Waals surface area contributed by atoms with Gasteiger partial charge in [-0.2, -0.15) is 5.26 Å². The van der Waals surface area contributed by atoms with Crippen LogP contribution >= 0.6 is 0 Å². The highest BCUT2D eigenvalue weighted by atomic mass is 16.6. The van der Waals surface area contributed by atoms with Crippen LogP contribution in [0.4, 0.5) is 0 Å². The van der Waals surface area contributed by atoms with Gasteiger partial charge in [-0.25, -0.2) is 4.79 Å². The normalized spacial score (nSPS) is 9.50. The van der Waals surface area contributed by atoms with E-state index in [2.05, 4.69) is 0 Å². The lowest BCUT2D eigenvalue weighted by atomic mass is 10.2. The first kappa shape index (κ1) is 10.4. The number of carbonyl (C=O) groups is 1. The van der Waals surface area contributed by atoms with Gasteiger partial charge < -0.3 is 4.74 Å². The van der Waals surface area contributed by atoms with Gasteiger partial charge in [0.1, 0.15) is 11.7 Å². The lowest BCUT2D eigenvalue weighted by Crippen LogP contribution is -2.24. The van der Waals surface area contributed by atoms with Crippen LogP contribution in [-0.4, -0.2) is 17.4 Å². The third-order valence-electron chi connectivity index (χ3n) is 0.840. The Kier molecular flexibility index (Phi) is 3.21. The number of hydrogen-bond acceptors (Lipinski definition) is 4. The Labute approximate surface area is 71.0 Å². The molecule has 0 aromatic carbocycles. The molecule has 0 fully saturated rings. The Morgan fingerprint density at radius 3 is 2.25 bits per heavy atom. The summed E-state index contributed by atoms with van der Waals surface area (Å²) in [6.07, 6.45) is 0. The molecule has 12 heavy (non-hydrogen) atoms. The van der Waals surface area contributed by atoms with Gasteiger partial charge in [0.05, 0.1) is 0 Å². The summed E-state index contributed by atoms with van der Waals surface area (Å²) >= 11 is 0. The van der Waals surface area contributed by atoms with Crippen LogP contribution < -0.4 is 0 Å². The van der Waals surface area contributed by atoms with E-state index in [1.54, 1.807) is 26.6 Å². The van der Waals surface area contributed by atoms with Gasteiger partial charge in [-0.1, -0.05) is 0 Å². The SMILES string of the molecule is CC(C)(C)OC(=O)C(=C=N)C#N. The van der Waals surface area contributed by atoms with Crippen molar-refractivity contribution in [3.8, 4) is 6.07 Å². The van der Waals surface area contributed by atoms with Crippen LogP contribution in [0.25, 0.3) is 0 Å². The first-order valence-electron chi connectivity index (χ1n) is 3.34. The predicted octanol–water partition coefficient (Wildman–Crippen LogP) is 1.03. The molecule has 0 aliphatic rings. The van der Waals surface area contributed by atoms with Crippen molar-refractivity contribution in [2.45, 2.75) is 26.4 Å². The second-order valence-electron chi connectivity index (χ2n) is 3.11. The van der Waals surface area contributed by atoms with Gasteiger partial charge in [-0.05, 0) is 20.8 Å². The summed E-state index contributed by atoms with van der Waals surface area (Å²) in [7, 11) is 0. The minimum Gasteiger partial charge on any atom is -0.455 e. The molecule has 0 aliphatic heterocycles. The predicted molar refractivity (Wildman–Crippen MR) is 42.7 cm³/mol. The molecule has 0 radical (unpaired) electrons. The van der Waals surface area contributed by atoms with Crippen LogP contribution in [0.15, 0.2) is 5.57 Å². The molecule has 0 atom stereocenters. The van der Waals surface area contributed by atoms with Crippen LogP contribution in [0.3, 0.4) is 0 Å². The lowest BCUT2D eigenvalue weighted by Gasteiger charge is -2.18. The molecule has 0 aromatic rings. The van der Waals surface area contributed by atoms with Crippen LogP contribution in [-0.2, 0) is 9.53 Å². The molecular weight excluding hydrogens is 156 g/mol. The molecule has 1 N–H and O–H groups in total. The van der Waals surface area contributed by atoms with Crippen LogP contribution in [0.2, 0.25) is 0 Å². The standard InChI is InChI=1S/C8H10N2O2/c1-8(2,3)12-7(11)6(4-9)5-10/h9H,1-3H3. The maximum absolute atomic E-state index is 11.0. The molecule has 0 unspecified atom stereocenters. The highest BCUT2D eigenvalue weighted by Crippen LogP contribution is 2.08. The summed E-state index contributed by atoms with van der Waals surface area (Å²) in [4.78, 5) is 11.0. The Balaban J connectivity index is 4.46. The van der Waals surface area contributed by atoms with Gasteiger partial charge in [0, 0.05) is 5.87 Å². The zero-order valence-electron chi connectivity index (χ0n) is 7.26. The minimum atomic E-state index is -0.806.